The highest BCUT2D eigenvalue weighted by Crippen LogP contribution is 2.40. The maximum atomic E-state index is 11.7. The van der Waals surface area contributed by atoms with Crippen LogP contribution >= 0.6 is 0 Å². The van der Waals surface area contributed by atoms with Gasteiger partial charge in [-0.3, -0.25) is 9.69 Å². The molecular formula is C14H25NO2. The number of hydrogen-bond donors (Lipinski definition) is 1. The lowest BCUT2D eigenvalue weighted by atomic mass is 9.71. The largest absolute Gasteiger partial charge is 0.390 e. The Morgan fingerprint density at radius 1 is 1.47 bits per heavy atom. The Bertz CT molecular complexity index is 292. The van der Waals surface area contributed by atoms with Gasteiger partial charge >= 0.3 is 0 Å². The standard InChI is InChI=1S/C14H25NO2/c1-3-13(16)11(2)15-9-8-14(17)7-5-4-6-12(14)10-15/h11-12,17H,3-10H2,1-2H3. The third-order valence-corrected chi connectivity index (χ3v) is 4.82. The van der Waals surface area contributed by atoms with Crippen LogP contribution in [0.3, 0.4) is 0 Å². The first-order valence-electron chi connectivity index (χ1n) is 7.06. The van der Waals surface area contributed by atoms with Gasteiger partial charge in [0.15, 0.2) is 0 Å². The molecule has 2 aliphatic rings. The van der Waals surface area contributed by atoms with Crippen LogP contribution in [-0.2, 0) is 4.79 Å². The smallest absolute Gasteiger partial charge is 0.149 e. The number of nitrogens with zero attached hydrogens (tertiary/aromatic N) is 1. The minimum atomic E-state index is -0.427. The van der Waals surface area contributed by atoms with Gasteiger partial charge in [0.1, 0.15) is 5.78 Å². The van der Waals surface area contributed by atoms with Crippen molar-refractivity contribution >= 4 is 5.78 Å². The predicted molar refractivity (Wildman–Crippen MR) is 67.9 cm³/mol. The molecule has 98 valence electrons. The number of piperidine rings is 1. The van der Waals surface area contributed by atoms with Gasteiger partial charge in [0.05, 0.1) is 11.6 Å². The Morgan fingerprint density at radius 2 is 2.24 bits per heavy atom. The van der Waals surface area contributed by atoms with Crippen LogP contribution in [-0.4, -0.2) is 40.5 Å². The molecule has 0 radical (unpaired) electrons. The molecule has 1 aliphatic heterocycles. The summed E-state index contributed by atoms with van der Waals surface area (Å²) >= 11 is 0. The first-order valence-corrected chi connectivity index (χ1v) is 7.06. The van der Waals surface area contributed by atoms with E-state index in [1.807, 2.05) is 13.8 Å². The molecule has 0 aromatic heterocycles. The van der Waals surface area contributed by atoms with Gasteiger partial charge in [0, 0.05) is 25.4 Å². The van der Waals surface area contributed by atoms with Crippen molar-refractivity contribution in [1.82, 2.24) is 4.90 Å². The van der Waals surface area contributed by atoms with Gasteiger partial charge in [-0.1, -0.05) is 19.8 Å². The van der Waals surface area contributed by atoms with Crippen LogP contribution in [0.5, 0.6) is 0 Å². The van der Waals surface area contributed by atoms with Crippen LogP contribution in [0, 0.1) is 5.92 Å². The summed E-state index contributed by atoms with van der Waals surface area (Å²) in [5.74, 6) is 0.711. The molecule has 1 saturated carbocycles. The van der Waals surface area contributed by atoms with Crippen LogP contribution in [0.1, 0.15) is 52.4 Å². The summed E-state index contributed by atoms with van der Waals surface area (Å²) in [7, 11) is 0. The number of ketones is 1. The van der Waals surface area contributed by atoms with E-state index in [1.165, 1.54) is 6.42 Å². The molecule has 0 aromatic rings. The fraction of sp³-hybridized carbons (Fsp3) is 0.929. The number of aliphatic hydroxyl groups is 1. The number of carbonyl (C=O) groups is 1. The van der Waals surface area contributed by atoms with Crippen molar-refractivity contribution in [3.63, 3.8) is 0 Å². The second kappa shape index (κ2) is 5.07. The van der Waals surface area contributed by atoms with Crippen LogP contribution in [0.25, 0.3) is 0 Å². The first kappa shape index (κ1) is 13.0. The van der Waals surface area contributed by atoms with Crippen molar-refractivity contribution in [1.29, 1.82) is 0 Å². The van der Waals surface area contributed by atoms with E-state index >= 15 is 0 Å². The predicted octanol–water partition coefficient (Wildman–Crippen LogP) is 1.98. The summed E-state index contributed by atoms with van der Waals surface area (Å²) in [6, 6.07) is 0.0338. The van der Waals surface area contributed by atoms with E-state index in [1.54, 1.807) is 0 Å². The third-order valence-electron chi connectivity index (χ3n) is 4.82. The van der Waals surface area contributed by atoms with Crippen molar-refractivity contribution in [3.8, 4) is 0 Å². The average molecular weight is 239 g/mol. The fourth-order valence-corrected chi connectivity index (χ4v) is 3.45. The van der Waals surface area contributed by atoms with E-state index in [2.05, 4.69) is 4.90 Å². The molecule has 0 aromatic carbocycles. The molecule has 3 heteroatoms. The molecule has 1 heterocycles. The van der Waals surface area contributed by atoms with Crippen LogP contribution in [0.4, 0.5) is 0 Å². The van der Waals surface area contributed by atoms with Gasteiger partial charge in [-0.25, -0.2) is 0 Å². The number of Topliss-reactive ketones (excluding diaryl/α,β-unsaturated/α-hetero) is 1. The molecular weight excluding hydrogens is 214 g/mol. The monoisotopic (exact) mass is 239 g/mol. The van der Waals surface area contributed by atoms with E-state index in [4.69, 9.17) is 0 Å². The SMILES string of the molecule is CCC(=O)C(C)N1CCC2(O)CCCCC2C1. The van der Waals surface area contributed by atoms with Gasteiger partial charge in [0.2, 0.25) is 0 Å². The Balaban J connectivity index is 1.99. The first-order chi connectivity index (χ1) is 8.07. The van der Waals surface area contributed by atoms with Crippen LogP contribution in [0.2, 0.25) is 0 Å². The molecule has 3 atom stereocenters. The molecule has 2 rings (SSSR count). The molecule has 17 heavy (non-hydrogen) atoms. The van der Waals surface area contributed by atoms with Gasteiger partial charge in [-0.05, 0) is 26.2 Å². The molecule has 3 unspecified atom stereocenters. The second-order valence-corrected chi connectivity index (χ2v) is 5.79. The van der Waals surface area contributed by atoms with Crippen molar-refractivity contribution in [2.24, 2.45) is 5.92 Å². The Kier molecular flexibility index (Phi) is 3.88. The number of hydrogen-bond acceptors (Lipinski definition) is 3. The summed E-state index contributed by atoms with van der Waals surface area (Å²) in [5.41, 5.74) is -0.427. The van der Waals surface area contributed by atoms with E-state index < -0.39 is 5.60 Å². The minimum Gasteiger partial charge on any atom is -0.390 e. The van der Waals surface area contributed by atoms with E-state index in [9.17, 15) is 9.90 Å². The summed E-state index contributed by atoms with van der Waals surface area (Å²) in [6.07, 6.45) is 5.95. The zero-order valence-electron chi connectivity index (χ0n) is 11.1. The fourth-order valence-electron chi connectivity index (χ4n) is 3.45. The van der Waals surface area contributed by atoms with Crippen LogP contribution < -0.4 is 0 Å². The molecule has 0 spiro atoms. The lowest BCUT2D eigenvalue weighted by molar-refractivity contribution is -0.131. The lowest BCUT2D eigenvalue weighted by Crippen LogP contribution is -2.56. The third kappa shape index (κ3) is 2.55. The van der Waals surface area contributed by atoms with Gasteiger partial charge < -0.3 is 5.11 Å². The molecule has 0 bridgehead atoms. The normalized spacial score (nSPS) is 36.3. The molecule has 2 fully saturated rings. The second-order valence-electron chi connectivity index (χ2n) is 5.79. The van der Waals surface area contributed by atoms with Crippen molar-refractivity contribution in [2.45, 2.75) is 64.0 Å². The quantitative estimate of drug-likeness (QED) is 0.818. The Morgan fingerprint density at radius 3 is 2.94 bits per heavy atom. The van der Waals surface area contributed by atoms with Crippen LogP contribution in [0.15, 0.2) is 0 Å². The van der Waals surface area contributed by atoms with E-state index in [0.29, 0.717) is 18.1 Å². The summed E-state index contributed by atoms with van der Waals surface area (Å²) in [6.45, 7) is 5.72. The summed E-state index contributed by atoms with van der Waals surface area (Å²) < 4.78 is 0. The molecule has 1 saturated heterocycles. The van der Waals surface area contributed by atoms with Gasteiger partial charge in [-0.2, -0.15) is 0 Å². The number of fused-ring (bicyclic) bond motifs is 1. The number of carbonyl (C=O) groups excluding carboxylic acids is 1. The molecule has 1 N–H and O–H groups in total. The summed E-state index contributed by atoms with van der Waals surface area (Å²) in [5, 5.41) is 10.6. The maximum absolute atomic E-state index is 11.7. The zero-order valence-corrected chi connectivity index (χ0v) is 11.1. The minimum absolute atomic E-state index is 0.0338. The Hall–Kier alpha value is -0.410. The Labute approximate surface area is 104 Å². The van der Waals surface area contributed by atoms with Gasteiger partial charge in [-0.15, -0.1) is 0 Å². The maximum Gasteiger partial charge on any atom is 0.149 e. The average Bonchev–Trinajstić information content (AvgIpc) is 2.35. The van der Waals surface area contributed by atoms with E-state index in [0.717, 1.165) is 38.8 Å². The molecule has 3 nitrogen and oxygen atoms in total. The molecule has 1 aliphatic carbocycles. The molecule has 0 amide bonds. The highest BCUT2D eigenvalue weighted by atomic mass is 16.3. The van der Waals surface area contributed by atoms with E-state index in [-0.39, 0.29) is 6.04 Å². The van der Waals surface area contributed by atoms with Crippen molar-refractivity contribution in [2.75, 3.05) is 13.1 Å². The number of rotatable bonds is 3. The lowest BCUT2D eigenvalue weighted by Gasteiger charge is -2.48. The summed E-state index contributed by atoms with van der Waals surface area (Å²) in [4.78, 5) is 14.0. The highest BCUT2D eigenvalue weighted by molar-refractivity contribution is 5.83. The van der Waals surface area contributed by atoms with Crippen molar-refractivity contribution < 1.29 is 9.90 Å². The topological polar surface area (TPSA) is 40.5 Å². The highest BCUT2D eigenvalue weighted by Gasteiger charge is 2.43. The zero-order chi connectivity index (χ0) is 12.5. The van der Waals surface area contributed by atoms with Crippen molar-refractivity contribution in [3.05, 3.63) is 0 Å². The number of likely N-dealkylation sites (tertiary alicyclic amines) is 1. The van der Waals surface area contributed by atoms with Gasteiger partial charge in [0.25, 0.3) is 0 Å².